The number of hydrogen-bond acceptors (Lipinski definition) is 2. The third-order valence-corrected chi connectivity index (χ3v) is 3.74. The number of amides is 1. The number of halogens is 2. The predicted molar refractivity (Wildman–Crippen MR) is 76.7 cm³/mol. The Hall–Kier alpha value is -1.88. The van der Waals surface area contributed by atoms with Crippen molar-refractivity contribution >= 4 is 23.4 Å². The first-order valence-corrected chi connectivity index (χ1v) is 6.92. The van der Waals surface area contributed by atoms with Gasteiger partial charge in [-0.15, -0.1) is 11.8 Å². The number of thioether (sulfide) groups is 1. The summed E-state index contributed by atoms with van der Waals surface area (Å²) in [6.07, 6.45) is 0. The van der Waals surface area contributed by atoms with Crippen molar-refractivity contribution in [1.82, 2.24) is 0 Å². The van der Waals surface area contributed by atoms with Crippen LogP contribution in [0.4, 0.5) is 14.5 Å². The number of rotatable bonds is 4. The van der Waals surface area contributed by atoms with E-state index >= 15 is 0 Å². The van der Waals surface area contributed by atoms with Crippen molar-refractivity contribution in [3.05, 3.63) is 60.2 Å². The van der Waals surface area contributed by atoms with Crippen molar-refractivity contribution in [3.8, 4) is 0 Å². The molecule has 104 valence electrons. The van der Waals surface area contributed by atoms with E-state index in [0.29, 0.717) is 5.69 Å². The Balaban J connectivity index is 2.02. The van der Waals surface area contributed by atoms with Gasteiger partial charge in [0.1, 0.15) is 11.6 Å². The van der Waals surface area contributed by atoms with Gasteiger partial charge in [0.05, 0.1) is 5.25 Å². The maximum absolute atomic E-state index is 13.5. The summed E-state index contributed by atoms with van der Waals surface area (Å²) in [5.41, 5.74) is 0.671. The summed E-state index contributed by atoms with van der Waals surface area (Å²) >= 11 is 0.985. The lowest BCUT2D eigenvalue weighted by Gasteiger charge is -2.12. The summed E-state index contributed by atoms with van der Waals surface area (Å²) in [4.78, 5) is 12.1. The Kier molecular flexibility index (Phi) is 4.74. The molecule has 0 saturated heterocycles. The molecule has 0 unspecified atom stereocenters. The Morgan fingerprint density at radius 2 is 1.85 bits per heavy atom. The van der Waals surface area contributed by atoms with Crippen molar-refractivity contribution in [2.75, 3.05) is 5.32 Å². The molecule has 1 N–H and O–H groups in total. The molecule has 2 nitrogen and oxygen atoms in total. The van der Waals surface area contributed by atoms with Gasteiger partial charge in [0, 0.05) is 10.6 Å². The zero-order chi connectivity index (χ0) is 14.5. The fourth-order valence-corrected chi connectivity index (χ4v) is 2.48. The van der Waals surface area contributed by atoms with Crippen LogP contribution in [0.2, 0.25) is 0 Å². The third-order valence-electron chi connectivity index (χ3n) is 2.61. The number of carbonyl (C=O) groups is 1. The Morgan fingerprint density at radius 1 is 1.15 bits per heavy atom. The average Bonchev–Trinajstić information content (AvgIpc) is 2.44. The molecule has 2 aromatic rings. The highest BCUT2D eigenvalue weighted by Crippen LogP contribution is 2.27. The second-order valence-corrected chi connectivity index (χ2v) is 5.57. The van der Waals surface area contributed by atoms with Crippen LogP contribution in [0.3, 0.4) is 0 Å². The largest absolute Gasteiger partial charge is 0.325 e. The monoisotopic (exact) mass is 293 g/mol. The first-order chi connectivity index (χ1) is 9.56. The third kappa shape index (κ3) is 3.81. The molecule has 0 aliphatic carbocycles. The minimum absolute atomic E-state index is 0.126. The van der Waals surface area contributed by atoms with Crippen LogP contribution in [-0.2, 0) is 4.79 Å². The molecule has 0 spiro atoms. The van der Waals surface area contributed by atoms with Crippen LogP contribution >= 0.6 is 11.8 Å². The van der Waals surface area contributed by atoms with Gasteiger partial charge in [-0.25, -0.2) is 8.78 Å². The van der Waals surface area contributed by atoms with E-state index in [1.165, 1.54) is 0 Å². The number of nitrogens with one attached hydrogen (secondary N) is 1. The Labute approximate surface area is 120 Å². The SMILES string of the molecule is C[C@@H](Sc1cc(F)ccc1F)C(=O)Nc1ccccc1. The maximum atomic E-state index is 13.5. The summed E-state index contributed by atoms with van der Waals surface area (Å²) < 4.78 is 26.6. The van der Waals surface area contributed by atoms with E-state index in [-0.39, 0.29) is 10.8 Å². The van der Waals surface area contributed by atoms with E-state index < -0.39 is 16.9 Å². The minimum Gasteiger partial charge on any atom is -0.325 e. The molecular weight excluding hydrogens is 280 g/mol. The number of carbonyl (C=O) groups excluding carboxylic acids is 1. The topological polar surface area (TPSA) is 29.1 Å². The van der Waals surface area contributed by atoms with Crippen molar-refractivity contribution in [3.63, 3.8) is 0 Å². The van der Waals surface area contributed by atoms with Crippen molar-refractivity contribution in [2.24, 2.45) is 0 Å². The van der Waals surface area contributed by atoms with Gasteiger partial charge in [0.25, 0.3) is 0 Å². The average molecular weight is 293 g/mol. The molecule has 0 bridgehead atoms. The van der Waals surface area contributed by atoms with Crippen molar-refractivity contribution < 1.29 is 13.6 Å². The second-order valence-electron chi connectivity index (χ2n) is 4.19. The lowest BCUT2D eigenvalue weighted by atomic mass is 10.3. The van der Waals surface area contributed by atoms with E-state index in [4.69, 9.17) is 0 Å². The fraction of sp³-hybridized carbons (Fsp3) is 0.133. The first kappa shape index (κ1) is 14.5. The molecule has 1 atom stereocenters. The van der Waals surface area contributed by atoms with E-state index in [0.717, 1.165) is 30.0 Å². The van der Waals surface area contributed by atoms with Crippen LogP contribution in [0, 0.1) is 11.6 Å². The van der Waals surface area contributed by atoms with E-state index in [9.17, 15) is 13.6 Å². The zero-order valence-electron chi connectivity index (χ0n) is 10.8. The van der Waals surface area contributed by atoms with Gasteiger partial charge in [0.15, 0.2) is 0 Å². The molecule has 0 saturated carbocycles. The lowest BCUT2D eigenvalue weighted by Crippen LogP contribution is -2.22. The first-order valence-electron chi connectivity index (χ1n) is 6.04. The van der Waals surface area contributed by atoms with Gasteiger partial charge in [-0.1, -0.05) is 18.2 Å². The number of anilines is 1. The number of hydrogen-bond donors (Lipinski definition) is 1. The summed E-state index contributed by atoms with van der Waals surface area (Å²) in [7, 11) is 0. The second kappa shape index (κ2) is 6.52. The van der Waals surface area contributed by atoms with Crippen LogP contribution in [0.25, 0.3) is 0 Å². The smallest absolute Gasteiger partial charge is 0.237 e. The lowest BCUT2D eigenvalue weighted by molar-refractivity contribution is -0.115. The molecule has 0 aromatic heterocycles. The van der Waals surface area contributed by atoms with Gasteiger partial charge < -0.3 is 5.32 Å². The molecule has 2 rings (SSSR count). The van der Waals surface area contributed by atoms with E-state index in [1.54, 1.807) is 31.2 Å². The van der Waals surface area contributed by atoms with E-state index in [1.807, 2.05) is 6.07 Å². The molecule has 0 radical (unpaired) electrons. The molecule has 2 aromatic carbocycles. The predicted octanol–water partition coefficient (Wildman–Crippen LogP) is 4.08. The van der Waals surface area contributed by atoms with Crippen molar-refractivity contribution in [1.29, 1.82) is 0 Å². The van der Waals surface area contributed by atoms with Crippen LogP contribution in [0.5, 0.6) is 0 Å². The normalized spacial score (nSPS) is 11.9. The van der Waals surface area contributed by atoms with E-state index in [2.05, 4.69) is 5.32 Å². The van der Waals surface area contributed by atoms with Gasteiger partial charge >= 0.3 is 0 Å². The van der Waals surface area contributed by atoms with Crippen LogP contribution in [-0.4, -0.2) is 11.2 Å². The molecule has 0 aliphatic rings. The summed E-state index contributed by atoms with van der Waals surface area (Å²) in [5.74, 6) is -1.31. The van der Waals surface area contributed by atoms with Gasteiger partial charge in [-0.2, -0.15) is 0 Å². The maximum Gasteiger partial charge on any atom is 0.237 e. The van der Waals surface area contributed by atoms with Crippen LogP contribution in [0.15, 0.2) is 53.4 Å². The molecule has 0 heterocycles. The number of benzene rings is 2. The van der Waals surface area contributed by atoms with Crippen LogP contribution < -0.4 is 5.32 Å². The Bertz CT molecular complexity index is 604. The number of para-hydroxylation sites is 1. The zero-order valence-corrected chi connectivity index (χ0v) is 11.6. The van der Waals surface area contributed by atoms with Gasteiger partial charge in [-0.3, -0.25) is 4.79 Å². The fourth-order valence-electron chi connectivity index (χ4n) is 1.58. The molecule has 0 aliphatic heterocycles. The van der Waals surface area contributed by atoms with Gasteiger partial charge in [0.2, 0.25) is 5.91 Å². The Morgan fingerprint density at radius 3 is 2.55 bits per heavy atom. The highest BCUT2D eigenvalue weighted by Gasteiger charge is 2.17. The standard InChI is InChI=1S/C15H13F2NOS/c1-10(15(19)18-12-5-3-2-4-6-12)20-14-9-11(16)7-8-13(14)17/h2-10H,1H3,(H,18,19)/t10-/m1/s1. The highest BCUT2D eigenvalue weighted by molar-refractivity contribution is 8.00. The highest BCUT2D eigenvalue weighted by atomic mass is 32.2. The molecular formula is C15H13F2NOS. The molecule has 20 heavy (non-hydrogen) atoms. The molecule has 1 amide bonds. The summed E-state index contributed by atoms with van der Waals surface area (Å²) in [5, 5.41) is 2.18. The molecule has 5 heteroatoms. The minimum atomic E-state index is -0.536. The summed E-state index contributed by atoms with van der Waals surface area (Å²) in [6, 6.07) is 12.2. The van der Waals surface area contributed by atoms with Gasteiger partial charge in [-0.05, 0) is 37.3 Å². The molecule has 0 fully saturated rings. The van der Waals surface area contributed by atoms with Crippen molar-refractivity contribution in [2.45, 2.75) is 17.1 Å². The quantitative estimate of drug-likeness (QED) is 0.860. The van der Waals surface area contributed by atoms with Crippen LogP contribution in [0.1, 0.15) is 6.92 Å². The summed E-state index contributed by atoms with van der Waals surface area (Å²) in [6.45, 7) is 1.65.